The van der Waals surface area contributed by atoms with Gasteiger partial charge in [-0.3, -0.25) is 19.4 Å². The number of nitrogens with zero attached hydrogens (tertiary/aromatic N) is 1. The molecule has 39 heavy (non-hydrogen) atoms. The molecule has 2 aromatic carbocycles. The fourth-order valence-corrected chi connectivity index (χ4v) is 3.63. The molecule has 0 saturated heterocycles. The number of carboxylic acid groups (broad SMARTS) is 2. The molecule has 0 aromatic heterocycles. The molecular formula is C26H35ClN6O6. The first-order chi connectivity index (χ1) is 18.1. The number of carbonyl (C=O) groups excluding carboxylic acids is 2. The second kappa shape index (κ2) is 16.6. The van der Waals surface area contributed by atoms with Gasteiger partial charge in [0, 0.05) is 19.4 Å². The largest absolute Gasteiger partial charge is 0.481 e. The maximum Gasteiger partial charge on any atom is 0.326 e. The van der Waals surface area contributed by atoms with Crippen molar-refractivity contribution in [2.45, 2.75) is 50.2 Å². The average Bonchev–Trinajstić information content (AvgIpc) is 2.89. The molecule has 12 nitrogen and oxygen atoms in total. The number of aliphatic carboxylic acids is 2. The van der Waals surface area contributed by atoms with E-state index in [4.69, 9.17) is 22.3 Å². The van der Waals surface area contributed by atoms with Crippen LogP contribution in [0, 0.1) is 0 Å². The fourth-order valence-electron chi connectivity index (χ4n) is 3.63. The number of carbonyl (C=O) groups is 4. The molecule has 0 aliphatic carbocycles. The van der Waals surface area contributed by atoms with Crippen molar-refractivity contribution in [3.63, 3.8) is 0 Å². The van der Waals surface area contributed by atoms with Gasteiger partial charge in [-0.25, -0.2) is 4.79 Å². The van der Waals surface area contributed by atoms with E-state index in [1.807, 2.05) is 54.6 Å². The quantitative estimate of drug-likeness (QED) is 0.0915. The third-order valence-corrected chi connectivity index (χ3v) is 5.70. The minimum Gasteiger partial charge on any atom is -0.481 e. The van der Waals surface area contributed by atoms with Gasteiger partial charge in [0.2, 0.25) is 11.8 Å². The number of carboxylic acids is 2. The van der Waals surface area contributed by atoms with E-state index in [0.717, 1.165) is 11.1 Å². The van der Waals surface area contributed by atoms with Crippen LogP contribution in [0.15, 0.2) is 59.6 Å². The zero-order valence-electron chi connectivity index (χ0n) is 21.3. The van der Waals surface area contributed by atoms with Crippen molar-refractivity contribution in [3.05, 3.63) is 60.2 Å². The van der Waals surface area contributed by atoms with Crippen LogP contribution in [0.2, 0.25) is 0 Å². The molecule has 0 bridgehead atoms. The molecule has 0 heterocycles. The summed E-state index contributed by atoms with van der Waals surface area (Å²) in [5.41, 5.74) is 19.0. The van der Waals surface area contributed by atoms with Gasteiger partial charge in [-0.2, -0.15) is 0 Å². The summed E-state index contributed by atoms with van der Waals surface area (Å²) in [4.78, 5) is 52.1. The molecule has 212 valence electrons. The van der Waals surface area contributed by atoms with E-state index in [2.05, 4.69) is 15.6 Å². The molecule has 3 atom stereocenters. The van der Waals surface area contributed by atoms with Crippen molar-refractivity contribution in [2.75, 3.05) is 6.54 Å². The SMILES string of the molecule is Cl.NC(N)=NCCC[C@@H](NC(=O)[C@@H](Cc1ccc(-c2ccccc2)cc1)NC(=O)[C@H](N)CCC(=O)O)C(=O)O. The van der Waals surface area contributed by atoms with Crippen molar-refractivity contribution in [3.8, 4) is 11.1 Å². The minimum atomic E-state index is -1.25. The van der Waals surface area contributed by atoms with E-state index < -0.39 is 41.9 Å². The molecule has 0 spiro atoms. The second-order valence-corrected chi connectivity index (χ2v) is 8.72. The summed E-state index contributed by atoms with van der Waals surface area (Å²) < 4.78 is 0. The van der Waals surface area contributed by atoms with Gasteiger partial charge in [0.1, 0.15) is 12.1 Å². The van der Waals surface area contributed by atoms with Gasteiger partial charge in [0.15, 0.2) is 5.96 Å². The van der Waals surface area contributed by atoms with E-state index in [0.29, 0.717) is 12.0 Å². The summed E-state index contributed by atoms with van der Waals surface area (Å²) in [6.07, 6.45) is -0.0265. The lowest BCUT2D eigenvalue weighted by molar-refractivity contribution is -0.142. The molecule has 0 aliphatic rings. The Hall–Kier alpha value is -4.16. The van der Waals surface area contributed by atoms with Crippen LogP contribution in [0.4, 0.5) is 0 Å². The highest BCUT2D eigenvalue weighted by atomic mass is 35.5. The molecule has 0 unspecified atom stereocenters. The van der Waals surface area contributed by atoms with Crippen LogP contribution >= 0.6 is 12.4 Å². The molecule has 0 fully saturated rings. The van der Waals surface area contributed by atoms with Gasteiger partial charge in [-0.1, -0.05) is 54.6 Å². The number of nitrogens with two attached hydrogens (primary N) is 3. The molecule has 0 aliphatic heterocycles. The van der Waals surface area contributed by atoms with E-state index in [9.17, 15) is 24.3 Å². The molecule has 2 aromatic rings. The van der Waals surface area contributed by atoms with Gasteiger partial charge in [0.05, 0.1) is 6.04 Å². The summed E-state index contributed by atoms with van der Waals surface area (Å²) in [6.45, 7) is 0.189. The minimum absolute atomic E-state index is 0. The van der Waals surface area contributed by atoms with E-state index in [1.54, 1.807) is 0 Å². The van der Waals surface area contributed by atoms with E-state index in [1.165, 1.54) is 0 Å². The summed E-state index contributed by atoms with van der Waals surface area (Å²) in [7, 11) is 0. The highest BCUT2D eigenvalue weighted by Crippen LogP contribution is 2.20. The van der Waals surface area contributed by atoms with Crippen LogP contribution in [0.25, 0.3) is 11.1 Å². The van der Waals surface area contributed by atoms with Crippen LogP contribution in [0.3, 0.4) is 0 Å². The van der Waals surface area contributed by atoms with Crippen LogP contribution in [-0.4, -0.2) is 64.6 Å². The number of rotatable bonds is 15. The Morgan fingerprint density at radius 3 is 1.97 bits per heavy atom. The number of nitrogens with one attached hydrogen (secondary N) is 2. The van der Waals surface area contributed by atoms with Gasteiger partial charge in [0.25, 0.3) is 0 Å². The standard InChI is InChI=1S/C26H34N6O6.ClH/c27-19(12-13-22(33)34)23(35)32-21(24(36)31-20(25(37)38)7-4-14-30-26(28)29)15-16-8-10-18(11-9-16)17-5-2-1-3-6-17;/h1-3,5-6,8-11,19-21H,4,7,12-15,27H2,(H,31,36)(H,32,35)(H,33,34)(H,37,38)(H4,28,29,30);1H/t19-,20-,21-;/m1./s1. The first-order valence-electron chi connectivity index (χ1n) is 12.1. The molecular weight excluding hydrogens is 528 g/mol. The monoisotopic (exact) mass is 562 g/mol. The zero-order chi connectivity index (χ0) is 28.1. The van der Waals surface area contributed by atoms with Crippen LogP contribution in [-0.2, 0) is 25.6 Å². The number of aliphatic imine (C=N–C) groups is 1. The lowest BCUT2D eigenvalue weighted by Gasteiger charge is -2.23. The smallest absolute Gasteiger partial charge is 0.326 e. The lowest BCUT2D eigenvalue weighted by atomic mass is 9.99. The first kappa shape index (κ1) is 32.9. The highest BCUT2D eigenvalue weighted by Gasteiger charge is 2.28. The lowest BCUT2D eigenvalue weighted by Crippen LogP contribution is -2.55. The third kappa shape index (κ3) is 11.8. The first-order valence-corrected chi connectivity index (χ1v) is 12.1. The molecule has 0 radical (unpaired) electrons. The van der Waals surface area contributed by atoms with Crippen molar-refractivity contribution in [2.24, 2.45) is 22.2 Å². The van der Waals surface area contributed by atoms with Gasteiger partial charge >= 0.3 is 11.9 Å². The van der Waals surface area contributed by atoms with Crippen LogP contribution in [0.5, 0.6) is 0 Å². The normalized spacial score (nSPS) is 12.6. The predicted molar refractivity (Wildman–Crippen MR) is 149 cm³/mol. The van der Waals surface area contributed by atoms with Crippen molar-refractivity contribution < 1.29 is 29.4 Å². The Labute approximate surface area is 232 Å². The van der Waals surface area contributed by atoms with Crippen molar-refractivity contribution in [1.82, 2.24) is 10.6 Å². The second-order valence-electron chi connectivity index (χ2n) is 8.72. The molecule has 13 heteroatoms. The Kier molecular flexibility index (Phi) is 14.0. The average molecular weight is 563 g/mol. The number of hydrogen-bond donors (Lipinski definition) is 7. The Balaban J connectivity index is 0.00000760. The molecule has 10 N–H and O–H groups in total. The van der Waals surface area contributed by atoms with Gasteiger partial charge in [-0.05, 0) is 36.0 Å². The predicted octanol–water partition coefficient (Wildman–Crippen LogP) is 0.618. The third-order valence-electron chi connectivity index (χ3n) is 5.70. The number of benzene rings is 2. The molecule has 2 amide bonds. The summed E-state index contributed by atoms with van der Waals surface area (Å²) >= 11 is 0. The molecule has 2 rings (SSSR count). The fraction of sp³-hybridized carbons (Fsp3) is 0.346. The Morgan fingerprint density at radius 1 is 0.821 bits per heavy atom. The van der Waals surface area contributed by atoms with E-state index in [-0.39, 0.29) is 50.6 Å². The van der Waals surface area contributed by atoms with Gasteiger partial charge in [-0.15, -0.1) is 12.4 Å². The van der Waals surface area contributed by atoms with Crippen molar-refractivity contribution >= 4 is 42.1 Å². The number of hydrogen-bond acceptors (Lipinski definition) is 6. The summed E-state index contributed by atoms with van der Waals surface area (Å²) in [5, 5.41) is 23.4. The topological polar surface area (TPSA) is 223 Å². The Morgan fingerprint density at radius 2 is 1.41 bits per heavy atom. The number of amides is 2. The highest BCUT2D eigenvalue weighted by molar-refractivity contribution is 5.92. The van der Waals surface area contributed by atoms with E-state index >= 15 is 0 Å². The van der Waals surface area contributed by atoms with Crippen molar-refractivity contribution in [1.29, 1.82) is 0 Å². The van der Waals surface area contributed by atoms with Crippen LogP contribution in [0.1, 0.15) is 31.2 Å². The zero-order valence-corrected chi connectivity index (χ0v) is 22.1. The van der Waals surface area contributed by atoms with Crippen LogP contribution < -0.4 is 27.8 Å². The molecule has 0 saturated carbocycles. The maximum absolute atomic E-state index is 13.1. The summed E-state index contributed by atoms with van der Waals surface area (Å²) in [6, 6.07) is 13.5. The Bertz CT molecular complexity index is 1130. The number of halogens is 1. The maximum atomic E-state index is 13.1. The summed E-state index contributed by atoms with van der Waals surface area (Å²) in [5.74, 6) is -3.91. The van der Waals surface area contributed by atoms with Gasteiger partial charge < -0.3 is 38.0 Å². The number of guanidine groups is 1.